The first-order chi connectivity index (χ1) is 8.02. The zero-order valence-corrected chi connectivity index (χ0v) is 9.48. The van der Waals surface area contributed by atoms with Gasteiger partial charge in [-0.2, -0.15) is 4.39 Å². The van der Waals surface area contributed by atoms with E-state index in [1.807, 2.05) is 4.98 Å². The minimum absolute atomic E-state index is 0.219. The fourth-order valence-electron chi connectivity index (χ4n) is 1.72. The predicted octanol–water partition coefficient (Wildman–Crippen LogP) is -0.967. The Hall–Kier alpha value is -1.12. The maximum Gasteiger partial charge on any atom is 0.329 e. The van der Waals surface area contributed by atoms with E-state index in [0.717, 1.165) is 10.8 Å². The van der Waals surface area contributed by atoms with E-state index in [-0.39, 0.29) is 13.0 Å². The van der Waals surface area contributed by atoms with Crippen LogP contribution in [-0.4, -0.2) is 37.7 Å². The molecule has 0 aromatic carbocycles. The number of hydrogen-bond donors (Lipinski definition) is 3. The fraction of sp³-hybridized carbons (Fsp3) is 0.556. The van der Waals surface area contributed by atoms with E-state index in [0.29, 0.717) is 0 Å². The molecule has 6 nitrogen and oxygen atoms in total. The van der Waals surface area contributed by atoms with E-state index in [9.17, 15) is 19.1 Å². The molecule has 1 fully saturated rings. The van der Waals surface area contributed by atoms with Gasteiger partial charge in [0.15, 0.2) is 0 Å². The molecule has 0 saturated carbocycles. The van der Waals surface area contributed by atoms with Crippen molar-refractivity contribution >= 4 is 11.8 Å². The lowest BCUT2D eigenvalue weighted by Gasteiger charge is -2.12. The quantitative estimate of drug-likeness (QED) is 0.637. The molecule has 2 heterocycles. The molecule has 0 aliphatic carbocycles. The Balaban J connectivity index is 2.34. The number of H-pyrrole nitrogens is 1. The summed E-state index contributed by atoms with van der Waals surface area (Å²) in [7, 11) is 0. The van der Waals surface area contributed by atoms with Gasteiger partial charge in [0.2, 0.25) is 5.82 Å². The van der Waals surface area contributed by atoms with Gasteiger partial charge in [0.25, 0.3) is 5.56 Å². The number of rotatable bonds is 2. The van der Waals surface area contributed by atoms with E-state index in [1.54, 1.807) is 0 Å². The second-order valence-electron chi connectivity index (χ2n) is 3.76. The lowest BCUT2D eigenvalue weighted by atomic mass is 10.2. The molecule has 0 spiro atoms. The van der Waals surface area contributed by atoms with Crippen molar-refractivity contribution in [2.45, 2.75) is 23.1 Å². The van der Waals surface area contributed by atoms with Gasteiger partial charge in [0.1, 0.15) is 0 Å². The molecule has 2 rings (SSSR count). The maximum atomic E-state index is 13.1. The van der Waals surface area contributed by atoms with E-state index >= 15 is 0 Å². The summed E-state index contributed by atoms with van der Waals surface area (Å²) >= 11 is 1.17. The number of nitrogens with zero attached hydrogens (tertiary/aromatic N) is 1. The normalized spacial score (nSPS) is 28.5. The Kier molecular flexibility index (Phi) is 3.36. The van der Waals surface area contributed by atoms with E-state index < -0.39 is 33.8 Å². The Labute approximate surface area is 99.1 Å². The molecule has 0 amide bonds. The predicted molar refractivity (Wildman–Crippen MR) is 59.4 cm³/mol. The number of aliphatic hydroxyl groups excluding tert-OH is 2. The van der Waals surface area contributed by atoms with Gasteiger partial charge in [-0.15, -0.1) is 11.8 Å². The zero-order valence-electron chi connectivity index (χ0n) is 8.67. The number of hydrogen-bond acceptors (Lipinski definition) is 5. The summed E-state index contributed by atoms with van der Waals surface area (Å²) in [4.78, 5) is 24.2. The number of nitrogens with one attached hydrogen (secondary N) is 1. The van der Waals surface area contributed by atoms with Crippen molar-refractivity contribution in [2.75, 3.05) is 6.61 Å². The summed E-state index contributed by atoms with van der Waals surface area (Å²) in [6.07, 6.45) is 0.295. The second kappa shape index (κ2) is 4.63. The first-order valence-electron chi connectivity index (χ1n) is 4.98. The third kappa shape index (κ3) is 2.28. The topological polar surface area (TPSA) is 95.3 Å². The monoisotopic (exact) mass is 262 g/mol. The lowest BCUT2D eigenvalue weighted by molar-refractivity contribution is 0.137. The van der Waals surface area contributed by atoms with Crippen LogP contribution in [0.25, 0.3) is 0 Å². The van der Waals surface area contributed by atoms with Gasteiger partial charge in [0, 0.05) is 6.42 Å². The SMILES string of the molecule is O=c1[nH]c(=O)n([C@H]2C[C@H](O)[C@@H](CO)S2)cc1F. The van der Waals surface area contributed by atoms with Crippen molar-refractivity contribution < 1.29 is 14.6 Å². The molecule has 94 valence electrons. The zero-order chi connectivity index (χ0) is 12.6. The average Bonchev–Trinajstić information content (AvgIpc) is 2.65. The highest BCUT2D eigenvalue weighted by molar-refractivity contribution is 8.00. The summed E-state index contributed by atoms with van der Waals surface area (Å²) in [5.41, 5.74) is -1.78. The number of aromatic nitrogens is 2. The first-order valence-corrected chi connectivity index (χ1v) is 5.92. The molecule has 17 heavy (non-hydrogen) atoms. The Morgan fingerprint density at radius 1 is 1.59 bits per heavy atom. The summed E-state index contributed by atoms with van der Waals surface area (Å²) < 4.78 is 14.1. The van der Waals surface area contributed by atoms with E-state index in [4.69, 9.17) is 5.11 Å². The van der Waals surface area contributed by atoms with Gasteiger partial charge in [-0.1, -0.05) is 0 Å². The molecule has 8 heteroatoms. The molecule has 1 aliphatic heterocycles. The first kappa shape index (κ1) is 12.3. The largest absolute Gasteiger partial charge is 0.395 e. The summed E-state index contributed by atoms with van der Waals surface area (Å²) in [6.45, 7) is -0.219. The third-order valence-electron chi connectivity index (χ3n) is 2.62. The van der Waals surface area contributed by atoms with Gasteiger partial charge in [0.05, 0.1) is 29.5 Å². The van der Waals surface area contributed by atoms with Crippen molar-refractivity contribution in [2.24, 2.45) is 0 Å². The van der Waals surface area contributed by atoms with Gasteiger partial charge in [-0.3, -0.25) is 14.3 Å². The van der Waals surface area contributed by atoms with Crippen LogP contribution in [0, 0.1) is 5.82 Å². The molecular weight excluding hydrogens is 251 g/mol. The molecule has 1 aromatic heterocycles. The molecule has 0 bridgehead atoms. The fourth-order valence-corrected chi connectivity index (χ4v) is 3.10. The highest BCUT2D eigenvalue weighted by Gasteiger charge is 2.34. The van der Waals surface area contributed by atoms with E-state index in [2.05, 4.69) is 0 Å². The van der Waals surface area contributed by atoms with Crippen LogP contribution < -0.4 is 11.2 Å². The standard InChI is InChI=1S/C9H11FN2O4S/c10-4-2-12(9(16)11-8(4)15)7-1-5(14)6(3-13)17-7/h2,5-7,13-14H,1,3H2,(H,11,15,16)/t5-,6+,7+/m0/s1. The highest BCUT2D eigenvalue weighted by Crippen LogP contribution is 2.40. The third-order valence-corrected chi connectivity index (χ3v) is 4.17. The average molecular weight is 262 g/mol. The van der Waals surface area contributed by atoms with Crippen molar-refractivity contribution in [1.29, 1.82) is 0 Å². The molecule has 0 radical (unpaired) electrons. The molecule has 3 atom stereocenters. The maximum absolute atomic E-state index is 13.1. The van der Waals surface area contributed by atoms with E-state index in [1.165, 1.54) is 11.8 Å². The van der Waals surface area contributed by atoms with Crippen molar-refractivity contribution in [3.63, 3.8) is 0 Å². The highest BCUT2D eigenvalue weighted by atomic mass is 32.2. The van der Waals surface area contributed by atoms with Gasteiger partial charge in [-0.25, -0.2) is 4.79 Å². The van der Waals surface area contributed by atoms with Gasteiger partial charge < -0.3 is 10.2 Å². The minimum Gasteiger partial charge on any atom is -0.395 e. The smallest absolute Gasteiger partial charge is 0.329 e. The van der Waals surface area contributed by atoms with Gasteiger partial charge in [-0.05, 0) is 0 Å². The number of aliphatic hydroxyl groups is 2. The summed E-state index contributed by atoms with van der Waals surface area (Å²) in [6, 6.07) is 0. The van der Waals surface area contributed by atoms with Crippen LogP contribution in [0.4, 0.5) is 4.39 Å². The molecular formula is C9H11FN2O4S. The molecule has 1 aliphatic rings. The molecule has 1 aromatic rings. The molecule has 3 N–H and O–H groups in total. The van der Waals surface area contributed by atoms with Crippen LogP contribution in [0.1, 0.15) is 11.8 Å². The van der Waals surface area contributed by atoms with Gasteiger partial charge >= 0.3 is 5.69 Å². The van der Waals surface area contributed by atoms with Crippen LogP contribution in [0.5, 0.6) is 0 Å². The van der Waals surface area contributed by atoms with Crippen LogP contribution in [0.2, 0.25) is 0 Å². The van der Waals surface area contributed by atoms with Crippen LogP contribution >= 0.6 is 11.8 Å². The van der Waals surface area contributed by atoms with Crippen LogP contribution in [-0.2, 0) is 0 Å². The Morgan fingerprint density at radius 2 is 2.29 bits per heavy atom. The van der Waals surface area contributed by atoms with Crippen LogP contribution in [0.3, 0.4) is 0 Å². The number of thioether (sulfide) groups is 1. The summed E-state index contributed by atoms with van der Waals surface area (Å²) in [5, 5.41) is 17.7. The Bertz CT molecular complexity index is 528. The second-order valence-corrected chi connectivity index (χ2v) is 5.18. The van der Waals surface area contributed by atoms with Crippen molar-refractivity contribution in [3.8, 4) is 0 Å². The van der Waals surface area contributed by atoms with Crippen molar-refractivity contribution in [1.82, 2.24) is 9.55 Å². The number of aromatic amines is 1. The lowest BCUT2D eigenvalue weighted by Crippen LogP contribution is -2.32. The number of halogens is 1. The molecule has 0 unspecified atom stereocenters. The van der Waals surface area contributed by atoms with Crippen LogP contribution in [0.15, 0.2) is 15.8 Å². The van der Waals surface area contributed by atoms with Crippen molar-refractivity contribution in [3.05, 3.63) is 32.9 Å². The Morgan fingerprint density at radius 3 is 2.88 bits per heavy atom. The summed E-state index contributed by atoms with van der Waals surface area (Å²) in [5.74, 6) is -1.05. The molecule has 1 saturated heterocycles. The minimum atomic E-state index is -1.06.